The molecule has 0 spiro atoms. The predicted octanol–water partition coefficient (Wildman–Crippen LogP) is 17.2. The minimum atomic E-state index is 0.617. The molecule has 2 nitrogen and oxygen atoms in total. The van der Waals surface area contributed by atoms with Crippen molar-refractivity contribution >= 4 is 0 Å². The Labute approximate surface area is 316 Å². The van der Waals surface area contributed by atoms with Crippen molar-refractivity contribution in [2.24, 2.45) is 0 Å². The van der Waals surface area contributed by atoms with Crippen LogP contribution in [-0.2, 0) is 0 Å². The van der Waals surface area contributed by atoms with E-state index in [2.05, 4.69) is 49.6 Å². The van der Waals surface area contributed by atoms with Crippen LogP contribution in [0, 0.1) is 0 Å². The van der Waals surface area contributed by atoms with E-state index in [4.69, 9.17) is 0 Å². The fraction of sp³-hybridized carbons (Fsp3) is 0.938. The second kappa shape index (κ2) is 38.0. The lowest BCUT2D eigenvalue weighted by molar-refractivity contribution is -0.727. The smallest absolute Gasteiger partial charge is 0.247 e. The van der Waals surface area contributed by atoms with Crippen molar-refractivity contribution in [3.8, 4) is 0 Å². The highest BCUT2D eigenvalue weighted by Crippen LogP contribution is 2.28. The maximum Gasteiger partial charge on any atom is 0.257 e. The summed E-state index contributed by atoms with van der Waals surface area (Å²) in [5.74, 6) is 2.25. The van der Waals surface area contributed by atoms with Gasteiger partial charge in [-0.3, -0.25) is 0 Å². The number of rotatable bonds is 41. The first-order chi connectivity index (χ1) is 24.7. The summed E-state index contributed by atoms with van der Waals surface area (Å²) in [7, 11) is 0. The first kappa shape index (κ1) is 47.2. The molecule has 0 radical (unpaired) electrons. The summed E-state index contributed by atoms with van der Waals surface area (Å²) in [5.41, 5.74) is 0. The summed E-state index contributed by atoms with van der Waals surface area (Å²) in [4.78, 5) is 3.78. The zero-order valence-corrected chi connectivity index (χ0v) is 35.3. The highest BCUT2D eigenvalue weighted by Gasteiger charge is 2.25. The highest BCUT2D eigenvalue weighted by atomic mass is 15.1. The van der Waals surface area contributed by atoms with Gasteiger partial charge in [0.15, 0.2) is 0 Å². The lowest BCUT2D eigenvalue weighted by Gasteiger charge is -2.17. The summed E-state index contributed by atoms with van der Waals surface area (Å²) in [6.07, 6.45) is 60.6. The number of hydrogen-bond acceptors (Lipinski definition) is 0. The molecule has 1 aromatic heterocycles. The monoisotopic (exact) mass is 700 g/mol. The van der Waals surface area contributed by atoms with Crippen LogP contribution in [0.3, 0.4) is 0 Å². The Morgan fingerprint density at radius 3 is 0.940 bits per heavy atom. The van der Waals surface area contributed by atoms with Crippen LogP contribution in [0.1, 0.15) is 296 Å². The zero-order chi connectivity index (χ0) is 36.0. The third-order valence-electron chi connectivity index (χ3n) is 11.9. The van der Waals surface area contributed by atoms with Crippen molar-refractivity contribution in [3.63, 3.8) is 0 Å². The summed E-state index contributed by atoms with van der Waals surface area (Å²) in [6.45, 7) is 9.44. The maximum atomic E-state index is 3.78. The predicted molar refractivity (Wildman–Crippen MR) is 226 cm³/mol. The average Bonchev–Trinajstić information content (AvgIpc) is 3.62. The van der Waals surface area contributed by atoms with Crippen LogP contribution >= 0.6 is 0 Å². The molecule has 1 aromatic rings. The second-order valence-electron chi connectivity index (χ2n) is 16.8. The molecular formula is C48H95N2+. The first-order valence-corrected chi connectivity index (χ1v) is 23.8. The van der Waals surface area contributed by atoms with E-state index in [0.717, 1.165) is 0 Å². The fourth-order valence-corrected chi connectivity index (χ4v) is 8.37. The van der Waals surface area contributed by atoms with Crippen LogP contribution in [0.15, 0.2) is 12.4 Å². The van der Waals surface area contributed by atoms with Crippen molar-refractivity contribution in [1.82, 2.24) is 4.98 Å². The molecule has 0 aliphatic carbocycles. The van der Waals surface area contributed by atoms with Gasteiger partial charge in [-0.25, -0.2) is 9.55 Å². The number of aromatic amines is 1. The quantitative estimate of drug-likeness (QED) is 0.0518. The van der Waals surface area contributed by atoms with Crippen LogP contribution in [0.5, 0.6) is 0 Å². The van der Waals surface area contributed by atoms with E-state index >= 15 is 0 Å². The standard InChI is InChI=1S/C48H94N2/c1-5-8-11-14-17-20-23-24-25-26-27-28-31-34-37-40-43-47(42-39-36-33-30-22-19-16-13-10-7-3)48-49-44-45-50(48)46(4)41-38-35-32-29-21-18-15-12-9-6-2/h44-47H,5-43H2,1-4H3/p+1. The fourth-order valence-electron chi connectivity index (χ4n) is 8.37. The van der Waals surface area contributed by atoms with Crippen molar-refractivity contribution in [2.75, 3.05) is 0 Å². The van der Waals surface area contributed by atoms with Gasteiger partial charge in [-0.1, -0.05) is 245 Å². The molecule has 0 bridgehead atoms. The summed E-state index contributed by atoms with van der Waals surface area (Å²) in [5, 5.41) is 0. The second-order valence-corrected chi connectivity index (χ2v) is 16.8. The van der Waals surface area contributed by atoms with Crippen molar-refractivity contribution in [1.29, 1.82) is 0 Å². The van der Waals surface area contributed by atoms with Crippen LogP contribution in [-0.4, -0.2) is 4.98 Å². The molecule has 0 saturated heterocycles. The van der Waals surface area contributed by atoms with E-state index in [-0.39, 0.29) is 0 Å². The topological polar surface area (TPSA) is 19.7 Å². The first-order valence-electron chi connectivity index (χ1n) is 23.8. The summed E-state index contributed by atoms with van der Waals surface area (Å²) < 4.78 is 2.65. The number of nitrogens with zero attached hydrogens (tertiary/aromatic N) is 1. The Hall–Kier alpha value is -0.790. The third-order valence-corrected chi connectivity index (χ3v) is 11.9. The number of nitrogens with one attached hydrogen (secondary N) is 1. The van der Waals surface area contributed by atoms with E-state index in [1.54, 1.807) is 5.82 Å². The van der Waals surface area contributed by atoms with Crippen molar-refractivity contribution in [2.45, 2.75) is 290 Å². The van der Waals surface area contributed by atoms with Crippen molar-refractivity contribution < 1.29 is 4.57 Å². The largest absolute Gasteiger partial charge is 0.257 e. The van der Waals surface area contributed by atoms with Gasteiger partial charge in [0.25, 0.3) is 5.82 Å². The Kier molecular flexibility index (Phi) is 35.8. The Bertz CT molecular complexity index is 768. The van der Waals surface area contributed by atoms with Gasteiger partial charge in [0.2, 0.25) is 0 Å². The van der Waals surface area contributed by atoms with E-state index in [0.29, 0.717) is 12.0 Å². The van der Waals surface area contributed by atoms with Crippen molar-refractivity contribution in [3.05, 3.63) is 18.2 Å². The number of imidazole rings is 1. The number of aromatic nitrogens is 2. The lowest BCUT2D eigenvalue weighted by Crippen LogP contribution is -2.41. The molecule has 1 heterocycles. The Balaban J connectivity index is 2.35. The van der Waals surface area contributed by atoms with Crippen LogP contribution < -0.4 is 4.57 Å². The normalized spacial score (nSPS) is 13.0. The van der Waals surface area contributed by atoms with Gasteiger partial charge in [-0.15, -0.1) is 0 Å². The van der Waals surface area contributed by atoms with Gasteiger partial charge < -0.3 is 0 Å². The molecule has 2 unspecified atom stereocenters. The van der Waals surface area contributed by atoms with Gasteiger partial charge in [-0.2, -0.15) is 0 Å². The molecule has 2 heteroatoms. The molecule has 1 N–H and O–H groups in total. The molecule has 0 fully saturated rings. The molecular weight excluding hydrogens is 605 g/mol. The minimum absolute atomic E-state index is 0.617. The number of hydrogen-bond donors (Lipinski definition) is 1. The Morgan fingerprint density at radius 1 is 0.380 bits per heavy atom. The van der Waals surface area contributed by atoms with Crippen LogP contribution in [0.2, 0.25) is 0 Å². The maximum absolute atomic E-state index is 3.78. The molecule has 2 atom stereocenters. The third kappa shape index (κ3) is 28.8. The molecule has 296 valence electrons. The van der Waals surface area contributed by atoms with Gasteiger partial charge in [0.05, 0.1) is 12.0 Å². The lowest BCUT2D eigenvalue weighted by atomic mass is 9.92. The minimum Gasteiger partial charge on any atom is -0.247 e. The molecule has 0 saturated carbocycles. The van der Waals surface area contributed by atoms with E-state index < -0.39 is 0 Å². The average molecular weight is 700 g/mol. The molecule has 0 amide bonds. The molecule has 0 aliphatic rings. The van der Waals surface area contributed by atoms with E-state index in [1.807, 2.05) is 0 Å². The van der Waals surface area contributed by atoms with E-state index in [1.165, 1.54) is 250 Å². The highest BCUT2D eigenvalue weighted by molar-refractivity contribution is 4.90. The number of H-pyrrole nitrogens is 1. The summed E-state index contributed by atoms with van der Waals surface area (Å²) >= 11 is 0. The number of unbranched alkanes of at least 4 members (excludes halogenated alkanes) is 33. The SMILES string of the molecule is CCCCCCCCCCCCCCCCCCC(CCCCCCCCCCCC)c1[nH]cc[n+]1C(C)CCCCCCCCCCCC. The van der Waals surface area contributed by atoms with Gasteiger partial charge in [0.1, 0.15) is 12.4 Å². The van der Waals surface area contributed by atoms with Gasteiger partial charge >= 0.3 is 0 Å². The van der Waals surface area contributed by atoms with Crippen LogP contribution in [0.4, 0.5) is 0 Å². The van der Waals surface area contributed by atoms with Gasteiger partial charge in [0, 0.05) is 0 Å². The zero-order valence-electron chi connectivity index (χ0n) is 35.3. The summed E-state index contributed by atoms with van der Waals surface area (Å²) in [6, 6.07) is 0.617. The molecule has 0 aromatic carbocycles. The Morgan fingerprint density at radius 2 is 0.640 bits per heavy atom. The molecule has 50 heavy (non-hydrogen) atoms. The van der Waals surface area contributed by atoms with Gasteiger partial charge in [-0.05, 0) is 32.6 Å². The van der Waals surface area contributed by atoms with Crippen LogP contribution in [0.25, 0.3) is 0 Å². The van der Waals surface area contributed by atoms with E-state index in [9.17, 15) is 0 Å². The molecule has 1 rings (SSSR count). The molecule has 0 aliphatic heterocycles.